The number of hydrogen-bond acceptors (Lipinski definition) is 7. The standard InChI is InChI=1S/C25H26FN5O4/c1-4-34-20-12-10-19(11-13-20)29-21(32)14-30-16(3)22(24(33)35-5-2)23(31-25(30)27-15-28-31)17-6-8-18(26)9-7-17/h6-13,15,23H,4-5,14H2,1-3H3,(H,29,32). The predicted molar refractivity (Wildman–Crippen MR) is 127 cm³/mol. The Morgan fingerprint density at radius 1 is 1.06 bits per heavy atom. The number of nitrogens with one attached hydrogen (secondary N) is 1. The Morgan fingerprint density at radius 3 is 2.43 bits per heavy atom. The second kappa shape index (κ2) is 10.4. The van der Waals surface area contributed by atoms with Gasteiger partial charge in [-0.1, -0.05) is 12.1 Å². The lowest BCUT2D eigenvalue weighted by molar-refractivity contribution is -0.139. The molecule has 1 aliphatic heterocycles. The third-order valence-corrected chi connectivity index (χ3v) is 5.54. The Bertz CT molecular complexity index is 1240. The Kier molecular flexibility index (Phi) is 7.09. The van der Waals surface area contributed by atoms with Crippen LogP contribution in [0.4, 0.5) is 16.0 Å². The van der Waals surface area contributed by atoms with Crippen LogP contribution in [0, 0.1) is 5.82 Å². The first kappa shape index (κ1) is 23.9. The molecule has 1 amide bonds. The van der Waals surface area contributed by atoms with E-state index >= 15 is 0 Å². The smallest absolute Gasteiger partial charge is 0.338 e. The zero-order valence-electron chi connectivity index (χ0n) is 19.7. The van der Waals surface area contributed by atoms with E-state index in [0.717, 1.165) is 0 Å². The maximum atomic E-state index is 13.6. The van der Waals surface area contributed by atoms with Crippen molar-refractivity contribution in [1.29, 1.82) is 0 Å². The van der Waals surface area contributed by atoms with E-state index in [9.17, 15) is 14.0 Å². The van der Waals surface area contributed by atoms with Gasteiger partial charge in [-0.15, -0.1) is 0 Å². The number of carbonyl (C=O) groups excluding carboxylic acids is 2. The van der Waals surface area contributed by atoms with Crippen molar-refractivity contribution in [3.05, 3.63) is 77.5 Å². The van der Waals surface area contributed by atoms with Crippen molar-refractivity contribution in [3.63, 3.8) is 0 Å². The van der Waals surface area contributed by atoms with Gasteiger partial charge < -0.3 is 19.7 Å². The number of rotatable bonds is 8. The van der Waals surface area contributed by atoms with Crippen LogP contribution in [0.3, 0.4) is 0 Å². The molecule has 0 saturated heterocycles. The molecule has 1 aromatic heterocycles. The molecule has 0 bridgehead atoms. The zero-order chi connectivity index (χ0) is 24.9. The van der Waals surface area contributed by atoms with E-state index < -0.39 is 17.8 Å². The number of nitrogens with zero attached hydrogens (tertiary/aromatic N) is 4. The Labute approximate surface area is 202 Å². The normalized spacial score (nSPS) is 15.0. The Balaban J connectivity index is 1.66. The van der Waals surface area contributed by atoms with Crippen LogP contribution in [-0.4, -0.2) is 46.4 Å². The van der Waals surface area contributed by atoms with Crippen molar-refractivity contribution < 1.29 is 23.5 Å². The van der Waals surface area contributed by atoms with Gasteiger partial charge in [0, 0.05) is 11.4 Å². The summed E-state index contributed by atoms with van der Waals surface area (Å²) in [6.07, 6.45) is 1.35. The number of fused-ring (bicyclic) bond motifs is 1. The first-order valence-corrected chi connectivity index (χ1v) is 11.3. The van der Waals surface area contributed by atoms with Gasteiger partial charge in [-0.2, -0.15) is 10.1 Å². The highest BCUT2D eigenvalue weighted by atomic mass is 19.1. The molecule has 1 aliphatic rings. The average molecular weight is 480 g/mol. The largest absolute Gasteiger partial charge is 0.494 e. The lowest BCUT2D eigenvalue weighted by Gasteiger charge is -2.35. The summed E-state index contributed by atoms with van der Waals surface area (Å²) in [7, 11) is 0. The van der Waals surface area contributed by atoms with E-state index in [2.05, 4.69) is 15.4 Å². The van der Waals surface area contributed by atoms with E-state index in [1.54, 1.807) is 55.1 Å². The highest BCUT2D eigenvalue weighted by Crippen LogP contribution is 2.38. The molecule has 2 aromatic carbocycles. The van der Waals surface area contributed by atoms with Crippen LogP contribution in [0.15, 0.2) is 66.1 Å². The van der Waals surface area contributed by atoms with Crippen LogP contribution in [0.2, 0.25) is 0 Å². The fraction of sp³-hybridized carbons (Fsp3) is 0.280. The molecular formula is C25H26FN5O4. The van der Waals surface area contributed by atoms with Gasteiger partial charge in [-0.05, 0) is 62.7 Å². The molecule has 35 heavy (non-hydrogen) atoms. The molecule has 0 aliphatic carbocycles. The minimum absolute atomic E-state index is 0.114. The second-order valence-electron chi connectivity index (χ2n) is 7.77. The zero-order valence-corrected chi connectivity index (χ0v) is 19.7. The van der Waals surface area contributed by atoms with Gasteiger partial charge in [0.15, 0.2) is 0 Å². The number of hydrogen-bond donors (Lipinski definition) is 1. The molecule has 1 atom stereocenters. The SMILES string of the molecule is CCOC(=O)C1=C(C)N(CC(=O)Nc2ccc(OCC)cc2)c2ncnn2C1c1ccc(F)cc1. The summed E-state index contributed by atoms with van der Waals surface area (Å²) in [5, 5.41) is 7.16. The molecule has 10 heteroatoms. The topological polar surface area (TPSA) is 98.6 Å². The summed E-state index contributed by atoms with van der Waals surface area (Å²) in [4.78, 5) is 31.9. The van der Waals surface area contributed by atoms with Gasteiger partial charge in [0.05, 0.1) is 18.8 Å². The number of anilines is 2. The third-order valence-electron chi connectivity index (χ3n) is 5.54. The lowest BCUT2D eigenvalue weighted by Crippen LogP contribution is -2.40. The molecule has 0 spiro atoms. The number of amides is 1. The maximum absolute atomic E-state index is 13.6. The van der Waals surface area contributed by atoms with E-state index in [4.69, 9.17) is 9.47 Å². The van der Waals surface area contributed by atoms with Crippen molar-refractivity contribution in [2.24, 2.45) is 0 Å². The number of benzene rings is 2. The maximum Gasteiger partial charge on any atom is 0.338 e. The summed E-state index contributed by atoms with van der Waals surface area (Å²) < 4.78 is 25.9. The number of halogens is 1. The third kappa shape index (κ3) is 5.01. The molecule has 0 fully saturated rings. The number of ether oxygens (including phenoxy) is 2. The molecule has 9 nitrogen and oxygen atoms in total. The first-order chi connectivity index (χ1) is 16.9. The van der Waals surface area contributed by atoms with Gasteiger partial charge in [0.2, 0.25) is 11.9 Å². The summed E-state index contributed by atoms with van der Waals surface area (Å²) in [5.41, 5.74) is 2.04. The molecule has 1 unspecified atom stereocenters. The first-order valence-electron chi connectivity index (χ1n) is 11.3. The Hall–Kier alpha value is -4.21. The minimum Gasteiger partial charge on any atom is -0.494 e. The Morgan fingerprint density at radius 2 is 1.77 bits per heavy atom. The van der Waals surface area contributed by atoms with Crippen LogP contribution in [0.25, 0.3) is 0 Å². The van der Waals surface area contributed by atoms with Crippen molar-refractivity contribution in [3.8, 4) is 5.75 Å². The summed E-state index contributed by atoms with van der Waals surface area (Å²) in [5.74, 6) is -0.163. The van der Waals surface area contributed by atoms with Crippen LogP contribution in [-0.2, 0) is 14.3 Å². The van der Waals surface area contributed by atoms with Crippen LogP contribution in [0.1, 0.15) is 32.4 Å². The highest BCUT2D eigenvalue weighted by molar-refractivity contribution is 5.96. The van der Waals surface area contributed by atoms with E-state index in [0.29, 0.717) is 40.8 Å². The monoisotopic (exact) mass is 479 g/mol. The molecular weight excluding hydrogens is 453 g/mol. The summed E-state index contributed by atoms with van der Waals surface area (Å²) >= 11 is 0. The van der Waals surface area contributed by atoms with E-state index in [1.807, 2.05) is 6.92 Å². The summed E-state index contributed by atoms with van der Waals surface area (Å²) in [6, 6.07) is 12.2. The van der Waals surface area contributed by atoms with Crippen LogP contribution < -0.4 is 15.0 Å². The molecule has 0 radical (unpaired) electrons. The fourth-order valence-electron chi connectivity index (χ4n) is 3.99. The van der Waals surface area contributed by atoms with Gasteiger partial charge in [-0.3, -0.25) is 4.79 Å². The molecule has 0 saturated carbocycles. The lowest BCUT2D eigenvalue weighted by atomic mass is 9.95. The number of allylic oxidation sites excluding steroid dienone is 1. The van der Waals surface area contributed by atoms with Crippen molar-refractivity contribution in [2.75, 3.05) is 30.0 Å². The molecule has 3 aromatic rings. The van der Waals surface area contributed by atoms with Crippen LogP contribution >= 0.6 is 0 Å². The number of aromatic nitrogens is 3. The van der Waals surface area contributed by atoms with Crippen LogP contribution in [0.5, 0.6) is 5.75 Å². The summed E-state index contributed by atoms with van der Waals surface area (Å²) in [6.45, 7) is 5.95. The number of esters is 1. The average Bonchev–Trinajstić information content (AvgIpc) is 3.32. The predicted octanol–water partition coefficient (Wildman–Crippen LogP) is 3.70. The van der Waals surface area contributed by atoms with Crippen molar-refractivity contribution >= 4 is 23.5 Å². The number of carbonyl (C=O) groups is 2. The second-order valence-corrected chi connectivity index (χ2v) is 7.77. The van der Waals surface area contributed by atoms with Crippen molar-refractivity contribution in [2.45, 2.75) is 26.8 Å². The fourth-order valence-corrected chi connectivity index (χ4v) is 3.99. The van der Waals surface area contributed by atoms with Gasteiger partial charge in [0.1, 0.15) is 30.5 Å². The molecule has 4 rings (SSSR count). The van der Waals surface area contributed by atoms with E-state index in [1.165, 1.54) is 23.1 Å². The van der Waals surface area contributed by atoms with Gasteiger partial charge >= 0.3 is 5.97 Å². The van der Waals surface area contributed by atoms with Crippen molar-refractivity contribution in [1.82, 2.24) is 14.8 Å². The molecule has 2 heterocycles. The highest BCUT2D eigenvalue weighted by Gasteiger charge is 2.38. The molecule has 1 N–H and O–H groups in total. The van der Waals surface area contributed by atoms with Gasteiger partial charge in [0.25, 0.3) is 0 Å². The quantitative estimate of drug-likeness (QED) is 0.492. The van der Waals surface area contributed by atoms with Gasteiger partial charge in [-0.25, -0.2) is 13.9 Å². The minimum atomic E-state index is -0.683. The van der Waals surface area contributed by atoms with E-state index in [-0.39, 0.29) is 19.1 Å². The molecule has 182 valence electrons.